The molecule has 0 spiro atoms. The number of aromatic nitrogens is 2. The molecule has 0 saturated carbocycles. The van der Waals surface area contributed by atoms with Gasteiger partial charge in [0.05, 0.1) is 28.9 Å². The second-order valence-corrected chi connectivity index (χ2v) is 7.59. The third kappa shape index (κ3) is 3.35. The van der Waals surface area contributed by atoms with Crippen LogP contribution in [0.15, 0.2) is 40.8 Å². The number of carbonyl (C=O) groups is 2. The molecule has 0 fully saturated rings. The van der Waals surface area contributed by atoms with Crippen LogP contribution in [0, 0.1) is 5.82 Å². The second kappa shape index (κ2) is 7.71. The number of rotatable bonds is 3. The highest BCUT2D eigenvalue weighted by Gasteiger charge is 2.28. The molecule has 1 aliphatic rings. The van der Waals surface area contributed by atoms with Crippen LogP contribution in [0.2, 0.25) is 0 Å². The summed E-state index contributed by atoms with van der Waals surface area (Å²) in [5, 5.41) is 15.1. The Hall–Kier alpha value is -3.53. The van der Waals surface area contributed by atoms with Crippen LogP contribution in [0.25, 0.3) is 10.6 Å². The second-order valence-electron chi connectivity index (χ2n) is 6.69. The molecule has 2 aromatic heterocycles. The summed E-state index contributed by atoms with van der Waals surface area (Å²) in [6.45, 7) is 0.600. The Bertz CT molecular complexity index is 1210. The molecule has 8 nitrogen and oxygen atoms in total. The van der Waals surface area contributed by atoms with Crippen LogP contribution in [0.5, 0.6) is 5.75 Å². The summed E-state index contributed by atoms with van der Waals surface area (Å²) in [6.07, 6.45) is 3.21. The molecule has 0 atom stereocenters. The van der Waals surface area contributed by atoms with Crippen molar-refractivity contribution in [1.82, 2.24) is 19.8 Å². The summed E-state index contributed by atoms with van der Waals surface area (Å²) in [5.74, 6) is -2.14. The summed E-state index contributed by atoms with van der Waals surface area (Å²) >= 11 is 1.29. The summed E-state index contributed by atoms with van der Waals surface area (Å²) in [4.78, 5) is 43.3. The lowest BCUT2D eigenvalue weighted by Crippen LogP contribution is -2.40. The highest BCUT2D eigenvalue weighted by molar-refractivity contribution is 7.13. The Balaban J connectivity index is 1.69. The zero-order chi connectivity index (χ0) is 21.4. The molecule has 0 bridgehead atoms. The van der Waals surface area contributed by atoms with Gasteiger partial charge in [0.25, 0.3) is 11.8 Å². The van der Waals surface area contributed by atoms with Crippen LogP contribution in [0.4, 0.5) is 4.39 Å². The van der Waals surface area contributed by atoms with Gasteiger partial charge in [-0.15, -0.1) is 11.3 Å². The van der Waals surface area contributed by atoms with Crippen molar-refractivity contribution in [2.45, 2.75) is 13.1 Å². The largest absolute Gasteiger partial charge is 0.503 e. The number of fused-ring (bicyclic) bond motifs is 1. The van der Waals surface area contributed by atoms with E-state index in [1.165, 1.54) is 29.4 Å². The first-order valence-corrected chi connectivity index (χ1v) is 9.94. The lowest BCUT2D eigenvalue weighted by atomic mass is 10.0. The average molecular weight is 428 g/mol. The van der Waals surface area contributed by atoms with Crippen LogP contribution in [0.3, 0.4) is 0 Å². The van der Waals surface area contributed by atoms with E-state index in [0.29, 0.717) is 22.8 Å². The third-order valence-electron chi connectivity index (χ3n) is 4.95. The number of carbonyl (C=O) groups excluding carboxylic acids is 2. The van der Waals surface area contributed by atoms with Gasteiger partial charge in [-0.25, -0.2) is 9.37 Å². The Morgan fingerprint density at radius 3 is 2.77 bits per heavy atom. The molecule has 154 valence electrons. The molecule has 2 N–H and O–H groups in total. The number of halogens is 1. The lowest BCUT2D eigenvalue weighted by Gasteiger charge is -2.31. The molecule has 0 saturated heterocycles. The van der Waals surface area contributed by atoms with E-state index >= 15 is 0 Å². The molecule has 1 aromatic carbocycles. The van der Waals surface area contributed by atoms with Crippen LogP contribution < -0.4 is 10.7 Å². The first-order valence-electron chi connectivity index (χ1n) is 9.06. The van der Waals surface area contributed by atoms with E-state index in [9.17, 15) is 23.9 Å². The minimum atomic E-state index is -0.631. The molecule has 10 heteroatoms. The molecular weight excluding hydrogens is 411 g/mol. The van der Waals surface area contributed by atoms with Gasteiger partial charge in [-0.2, -0.15) is 0 Å². The Labute approximate surface area is 174 Å². The highest BCUT2D eigenvalue weighted by Crippen LogP contribution is 2.27. The van der Waals surface area contributed by atoms with Gasteiger partial charge in [0.1, 0.15) is 10.8 Å². The first kappa shape index (κ1) is 19.8. The fraction of sp³-hybridized carbons (Fsp3) is 0.200. The number of thiazole rings is 1. The molecule has 0 unspecified atom stereocenters. The van der Waals surface area contributed by atoms with Gasteiger partial charge in [-0.3, -0.25) is 14.4 Å². The maximum absolute atomic E-state index is 13.6. The number of benzene rings is 1. The van der Waals surface area contributed by atoms with Crippen LogP contribution in [-0.2, 0) is 13.1 Å². The van der Waals surface area contributed by atoms with Crippen molar-refractivity contribution in [3.63, 3.8) is 0 Å². The fourth-order valence-corrected chi connectivity index (χ4v) is 4.06. The van der Waals surface area contributed by atoms with Gasteiger partial charge in [-0.1, -0.05) is 0 Å². The molecule has 30 heavy (non-hydrogen) atoms. The van der Waals surface area contributed by atoms with Crippen molar-refractivity contribution in [3.8, 4) is 16.3 Å². The zero-order valence-corrected chi connectivity index (χ0v) is 16.7. The molecule has 1 aliphatic heterocycles. The van der Waals surface area contributed by atoms with E-state index in [1.807, 2.05) is 0 Å². The highest BCUT2D eigenvalue weighted by atomic mass is 32.1. The molecule has 4 rings (SSSR count). The Morgan fingerprint density at radius 2 is 2.07 bits per heavy atom. The van der Waals surface area contributed by atoms with Gasteiger partial charge < -0.3 is 19.9 Å². The lowest BCUT2D eigenvalue weighted by molar-refractivity contribution is 0.0702. The maximum Gasteiger partial charge on any atom is 0.255 e. The van der Waals surface area contributed by atoms with Crippen molar-refractivity contribution in [2.75, 3.05) is 13.6 Å². The summed E-state index contributed by atoms with van der Waals surface area (Å²) in [7, 11) is 1.39. The van der Waals surface area contributed by atoms with E-state index in [2.05, 4.69) is 10.3 Å². The van der Waals surface area contributed by atoms with Crippen molar-refractivity contribution in [3.05, 3.63) is 68.8 Å². The smallest absolute Gasteiger partial charge is 0.255 e. The predicted molar refractivity (Wildman–Crippen MR) is 108 cm³/mol. The van der Waals surface area contributed by atoms with Crippen molar-refractivity contribution in [1.29, 1.82) is 0 Å². The summed E-state index contributed by atoms with van der Waals surface area (Å²) < 4.78 is 15.3. The normalized spacial score (nSPS) is 13.1. The molecule has 2 amide bonds. The minimum Gasteiger partial charge on any atom is -0.503 e. The number of hydrogen-bond acceptors (Lipinski definition) is 6. The quantitative estimate of drug-likeness (QED) is 0.662. The van der Waals surface area contributed by atoms with Gasteiger partial charge in [0.15, 0.2) is 5.75 Å². The fourth-order valence-electron chi connectivity index (χ4n) is 3.42. The number of hydrogen-bond donors (Lipinski definition) is 2. The van der Waals surface area contributed by atoms with Crippen molar-refractivity contribution in [2.24, 2.45) is 0 Å². The summed E-state index contributed by atoms with van der Waals surface area (Å²) in [5.41, 5.74) is 0.00699. The van der Waals surface area contributed by atoms with Crippen molar-refractivity contribution < 1.29 is 19.1 Å². The SMILES string of the molecule is CNC(=O)c1cc(F)ccc1C(=O)N1CCn2cc(-c3nccs3)c(=O)c(O)c2C1. The van der Waals surface area contributed by atoms with Gasteiger partial charge in [-0.05, 0) is 18.2 Å². The summed E-state index contributed by atoms with van der Waals surface area (Å²) in [6, 6.07) is 3.38. The van der Waals surface area contributed by atoms with E-state index in [0.717, 1.165) is 12.1 Å². The molecule has 3 aromatic rings. The number of aromatic hydroxyl groups is 1. The van der Waals surface area contributed by atoms with E-state index < -0.39 is 28.8 Å². The van der Waals surface area contributed by atoms with Crippen molar-refractivity contribution >= 4 is 23.2 Å². The van der Waals surface area contributed by atoms with Crippen LogP contribution in [-0.4, -0.2) is 45.0 Å². The van der Waals surface area contributed by atoms with Gasteiger partial charge in [0, 0.05) is 37.9 Å². The average Bonchev–Trinajstić information content (AvgIpc) is 3.29. The standard InChI is InChI=1S/C20H17FN4O4S/c1-22-18(28)13-8-11(21)2-3-12(13)20(29)25-6-5-24-9-14(19-23-4-7-30-19)16(26)17(27)15(24)10-25/h2-4,7-9,27H,5-6,10H2,1H3,(H,22,28). The minimum absolute atomic E-state index is 0.0252. The number of nitrogens with one attached hydrogen (secondary N) is 1. The first-order chi connectivity index (χ1) is 14.4. The van der Waals surface area contributed by atoms with E-state index in [1.54, 1.807) is 22.3 Å². The monoisotopic (exact) mass is 428 g/mol. The molecule has 3 heterocycles. The number of nitrogens with zero attached hydrogens (tertiary/aromatic N) is 3. The number of amides is 2. The maximum atomic E-state index is 13.6. The van der Waals surface area contributed by atoms with Crippen LogP contribution in [0.1, 0.15) is 26.4 Å². The van der Waals surface area contributed by atoms with Crippen LogP contribution >= 0.6 is 11.3 Å². The zero-order valence-electron chi connectivity index (χ0n) is 15.9. The Kier molecular flexibility index (Phi) is 5.08. The Morgan fingerprint density at radius 1 is 1.27 bits per heavy atom. The number of pyridine rings is 1. The van der Waals surface area contributed by atoms with E-state index in [-0.39, 0.29) is 24.2 Å². The molecule has 0 radical (unpaired) electrons. The molecular formula is C20H17FN4O4S. The van der Waals surface area contributed by atoms with E-state index in [4.69, 9.17) is 0 Å². The van der Waals surface area contributed by atoms with Gasteiger partial charge in [0.2, 0.25) is 5.43 Å². The predicted octanol–water partition coefficient (Wildman–Crippen LogP) is 1.83. The topological polar surface area (TPSA) is 105 Å². The third-order valence-corrected chi connectivity index (χ3v) is 5.76. The molecule has 0 aliphatic carbocycles. The van der Waals surface area contributed by atoms with Gasteiger partial charge >= 0.3 is 0 Å².